The Bertz CT molecular complexity index is 945. The second kappa shape index (κ2) is 5.96. The fourth-order valence-corrected chi connectivity index (χ4v) is 2.27. The van der Waals surface area contributed by atoms with Crippen LogP contribution in [0.1, 0.15) is 0 Å². The van der Waals surface area contributed by atoms with Crippen LogP contribution < -0.4 is 4.74 Å². The van der Waals surface area contributed by atoms with Gasteiger partial charge in [0.1, 0.15) is 17.1 Å². The molecule has 24 heavy (non-hydrogen) atoms. The van der Waals surface area contributed by atoms with Crippen LogP contribution in [0.5, 0.6) is 5.75 Å². The van der Waals surface area contributed by atoms with Gasteiger partial charge in [-0.3, -0.25) is 10.1 Å². The Hall–Kier alpha value is -3.48. The summed E-state index contributed by atoms with van der Waals surface area (Å²) in [5.74, 6) is 1.60. The van der Waals surface area contributed by atoms with Crippen LogP contribution in [0.15, 0.2) is 59.3 Å². The van der Waals surface area contributed by atoms with Crippen LogP contribution in [0.4, 0.5) is 0 Å². The minimum absolute atomic E-state index is 0.364. The molecule has 7 heteroatoms. The highest BCUT2D eigenvalue weighted by Crippen LogP contribution is 2.25. The van der Waals surface area contributed by atoms with Gasteiger partial charge in [0, 0.05) is 11.8 Å². The summed E-state index contributed by atoms with van der Waals surface area (Å²) in [4.78, 5) is 8.56. The van der Waals surface area contributed by atoms with E-state index in [1.807, 2.05) is 48.5 Å². The third-order valence-electron chi connectivity index (χ3n) is 3.51. The summed E-state index contributed by atoms with van der Waals surface area (Å²) in [5.41, 5.74) is 3.05. The Morgan fingerprint density at radius 3 is 2.67 bits per heavy atom. The number of pyridine rings is 1. The number of hydrogen-bond donors (Lipinski definition) is 1. The molecule has 4 rings (SSSR count). The molecular formula is C17H13N5O2. The molecule has 0 aliphatic carbocycles. The molecule has 0 aliphatic heterocycles. The molecular weight excluding hydrogens is 306 g/mol. The van der Waals surface area contributed by atoms with E-state index >= 15 is 0 Å². The maximum absolute atomic E-state index is 5.30. The molecule has 3 heterocycles. The molecule has 0 unspecified atom stereocenters. The van der Waals surface area contributed by atoms with Crippen molar-refractivity contribution in [1.29, 1.82) is 0 Å². The summed E-state index contributed by atoms with van der Waals surface area (Å²) in [6.07, 6.45) is 1.68. The van der Waals surface area contributed by atoms with Crippen molar-refractivity contribution >= 4 is 0 Å². The van der Waals surface area contributed by atoms with E-state index in [1.165, 1.54) is 0 Å². The van der Waals surface area contributed by atoms with E-state index in [9.17, 15) is 0 Å². The molecule has 1 aromatic carbocycles. The molecule has 0 fully saturated rings. The number of methoxy groups -OCH3 is 1. The van der Waals surface area contributed by atoms with Gasteiger partial charge in [0.15, 0.2) is 0 Å². The Labute approximate surface area is 137 Å². The maximum atomic E-state index is 5.30. The zero-order valence-corrected chi connectivity index (χ0v) is 12.8. The molecule has 4 aromatic rings. The molecule has 0 amide bonds. The average Bonchev–Trinajstić information content (AvgIpc) is 3.32. The summed E-state index contributed by atoms with van der Waals surface area (Å²) in [7, 11) is 1.64. The number of rotatable bonds is 4. The van der Waals surface area contributed by atoms with Gasteiger partial charge in [-0.2, -0.15) is 10.1 Å². The van der Waals surface area contributed by atoms with Gasteiger partial charge < -0.3 is 9.26 Å². The largest absolute Gasteiger partial charge is 0.497 e. The highest BCUT2D eigenvalue weighted by atomic mass is 16.5. The molecule has 0 saturated carbocycles. The van der Waals surface area contributed by atoms with Gasteiger partial charge in [-0.1, -0.05) is 11.2 Å². The van der Waals surface area contributed by atoms with Gasteiger partial charge in [-0.25, -0.2) is 0 Å². The van der Waals surface area contributed by atoms with E-state index in [-0.39, 0.29) is 0 Å². The Morgan fingerprint density at radius 2 is 1.92 bits per heavy atom. The van der Waals surface area contributed by atoms with Crippen molar-refractivity contribution in [3.05, 3.63) is 54.7 Å². The maximum Gasteiger partial charge on any atom is 0.276 e. The molecule has 3 aromatic heterocycles. The summed E-state index contributed by atoms with van der Waals surface area (Å²) < 4.78 is 10.5. The second-order valence-electron chi connectivity index (χ2n) is 5.03. The van der Waals surface area contributed by atoms with Crippen molar-refractivity contribution in [2.45, 2.75) is 0 Å². The lowest BCUT2D eigenvalue weighted by atomic mass is 10.1. The topological polar surface area (TPSA) is 89.7 Å². The Morgan fingerprint density at radius 1 is 1.04 bits per heavy atom. The SMILES string of the molecule is COc1ccc(-c2cc(-c3nc(-c4ccccn4)no3)[nH]n2)cc1. The predicted octanol–water partition coefficient (Wildman–Crippen LogP) is 3.20. The summed E-state index contributed by atoms with van der Waals surface area (Å²) >= 11 is 0. The van der Waals surface area contributed by atoms with E-state index in [0.717, 1.165) is 17.0 Å². The first-order valence-corrected chi connectivity index (χ1v) is 7.29. The van der Waals surface area contributed by atoms with Crippen LogP contribution in [-0.4, -0.2) is 32.4 Å². The number of ether oxygens (including phenoxy) is 1. The first-order valence-electron chi connectivity index (χ1n) is 7.29. The molecule has 1 N–H and O–H groups in total. The molecule has 118 valence electrons. The zero-order valence-electron chi connectivity index (χ0n) is 12.8. The Balaban J connectivity index is 1.62. The van der Waals surface area contributed by atoms with Crippen LogP contribution >= 0.6 is 0 Å². The van der Waals surface area contributed by atoms with E-state index in [4.69, 9.17) is 9.26 Å². The average molecular weight is 319 g/mol. The van der Waals surface area contributed by atoms with E-state index in [1.54, 1.807) is 13.3 Å². The minimum atomic E-state index is 0.364. The normalized spacial score (nSPS) is 10.7. The fraction of sp³-hybridized carbons (Fsp3) is 0.0588. The van der Waals surface area contributed by atoms with E-state index < -0.39 is 0 Å². The van der Waals surface area contributed by atoms with Crippen LogP contribution in [-0.2, 0) is 0 Å². The van der Waals surface area contributed by atoms with Gasteiger partial charge in [-0.15, -0.1) is 0 Å². The number of nitrogens with zero attached hydrogens (tertiary/aromatic N) is 4. The quantitative estimate of drug-likeness (QED) is 0.621. The van der Waals surface area contributed by atoms with Gasteiger partial charge >= 0.3 is 0 Å². The van der Waals surface area contributed by atoms with E-state index in [0.29, 0.717) is 23.1 Å². The third-order valence-corrected chi connectivity index (χ3v) is 3.51. The van der Waals surface area contributed by atoms with Crippen molar-refractivity contribution < 1.29 is 9.26 Å². The molecule has 0 atom stereocenters. The molecule has 7 nitrogen and oxygen atoms in total. The molecule has 0 saturated heterocycles. The molecule has 0 spiro atoms. The molecule has 0 radical (unpaired) electrons. The van der Waals surface area contributed by atoms with Crippen molar-refractivity contribution in [1.82, 2.24) is 25.3 Å². The van der Waals surface area contributed by atoms with Crippen LogP contribution in [0, 0.1) is 0 Å². The van der Waals surface area contributed by atoms with Gasteiger partial charge in [0.05, 0.1) is 12.8 Å². The monoisotopic (exact) mass is 319 g/mol. The standard InChI is InChI=1S/C17H13N5O2/c1-23-12-7-5-11(6-8-12)14-10-15(21-20-14)17-19-16(22-24-17)13-4-2-3-9-18-13/h2-10H,1H3,(H,20,21). The second-order valence-corrected chi connectivity index (χ2v) is 5.03. The van der Waals surface area contributed by atoms with Crippen molar-refractivity contribution in [3.63, 3.8) is 0 Å². The molecule has 0 aliphatic rings. The van der Waals surface area contributed by atoms with Gasteiger partial charge in [0.25, 0.3) is 5.89 Å². The van der Waals surface area contributed by atoms with Crippen molar-refractivity contribution in [3.8, 4) is 40.1 Å². The number of H-pyrrole nitrogens is 1. The van der Waals surface area contributed by atoms with Crippen LogP contribution in [0.3, 0.4) is 0 Å². The van der Waals surface area contributed by atoms with Crippen LogP contribution in [0.2, 0.25) is 0 Å². The highest BCUT2D eigenvalue weighted by Gasteiger charge is 2.14. The first kappa shape index (κ1) is 14.1. The smallest absolute Gasteiger partial charge is 0.276 e. The number of aromatic nitrogens is 5. The first-order chi connectivity index (χ1) is 11.8. The number of hydrogen-bond acceptors (Lipinski definition) is 6. The fourth-order valence-electron chi connectivity index (χ4n) is 2.27. The van der Waals surface area contributed by atoms with Gasteiger partial charge in [0.2, 0.25) is 5.82 Å². The van der Waals surface area contributed by atoms with Crippen LogP contribution in [0.25, 0.3) is 34.4 Å². The lowest BCUT2D eigenvalue weighted by molar-refractivity contribution is 0.415. The van der Waals surface area contributed by atoms with Crippen molar-refractivity contribution in [2.75, 3.05) is 7.11 Å². The Kier molecular flexibility index (Phi) is 3.51. The van der Waals surface area contributed by atoms with E-state index in [2.05, 4.69) is 25.3 Å². The summed E-state index contributed by atoms with van der Waals surface area (Å²) in [6.45, 7) is 0. The third kappa shape index (κ3) is 2.63. The number of benzene rings is 1. The lowest BCUT2D eigenvalue weighted by Crippen LogP contribution is -1.84. The lowest BCUT2D eigenvalue weighted by Gasteiger charge is -1.99. The van der Waals surface area contributed by atoms with Gasteiger partial charge in [-0.05, 0) is 42.5 Å². The highest BCUT2D eigenvalue weighted by molar-refractivity contribution is 5.65. The predicted molar refractivity (Wildman–Crippen MR) is 87.1 cm³/mol. The number of aromatic amines is 1. The van der Waals surface area contributed by atoms with Crippen molar-refractivity contribution in [2.24, 2.45) is 0 Å². The minimum Gasteiger partial charge on any atom is -0.497 e. The zero-order chi connectivity index (χ0) is 16.4. The molecule has 0 bridgehead atoms. The summed E-state index contributed by atoms with van der Waals surface area (Å²) in [6, 6.07) is 15.0. The number of nitrogens with one attached hydrogen (secondary N) is 1. The summed E-state index contributed by atoms with van der Waals surface area (Å²) in [5, 5.41) is 11.2.